The minimum Gasteiger partial charge on any atom is -0.367 e. The second kappa shape index (κ2) is 6.36. The molecule has 5 heteroatoms. The Morgan fingerprint density at radius 2 is 1.83 bits per heavy atom. The number of aromatic nitrogens is 3. The maximum atomic E-state index is 5.54. The SMILES string of the molecule is Cc1ccc(-c2noc3c(NCCC(C)C)nc(C)nc23)cc1. The number of aryl methyl sites for hydroxylation is 2. The van der Waals surface area contributed by atoms with Crippen LogP contribution in [0.3, 0.4) is 0 Å². The quantitative estimate of drug-likeness (QED) is 0.758. The van der Waals surface area contributed by atoms with Gasteiger partial charge in [0.05, 0.1) is 0 Å². The van der Waals surface area contributed by atoms with E-state index < -0.39 is 0 Å². The van der Waals surface area contributed by atoms with E-state index in [9.17, 15) is 0 Å². The van der Waals surface area contributed by atoms with Crippen LogP contribution in [0.25, 0.3) is 22.4 Å². The standard InChI is InChI=1S/C18H22N4O/c1-11(2)9-10-19-18-17-16(20-13(4)21-18)15(22-23-17)14-7-5-12(3)6-8-14/h5-8,11H,9-10H2,1-4H3,(H,19,20,21). The van der Waals surface area contributed by atoms with Gasteiger partial charge in [0, 0.05) is 12.1 Å². The molecule has 0 aliphatic rings. The maximum absolute atomic E-state index is 5.54. The molecule has 1 N–H and O–H groups in total. The van der Waals surface area contributed by atoms with E-state index in [0.29, 0.717) is 17.3 Å². The molecule has 2 aromatic heterocycles. The van der Waals surface area contributed by atoms with Gasteiger partial charge in [-0.2, -0.15) is 0 Å². The van der Waals surface area contributed by atoms with Crippen LogP contribution in [-0.2, 0) is 0 Å². The monoisotopic (exact) mass is 310 g/mol. The lowest BCUT2D eigenvalue weighted by Gasteiger charge is -2.08. The van der Waals surface area contributed by atoms with E-state index >= 15 is 0 Å². The summed E-state index contributed by atoms with van der Waals surface area (Å²) < 4.78 is 5.54. The Balaban J connectivity index is 1.99. The minimum atomic E-state index is 0.620. The fraction of sp³-hybridized carbons (Fsp3) is 0.389. The van der Waals surface area contributed by atoms with Crippen molar-refractivity contribution in [3.63, 3.8) is 0 Å². The molecule has 0 bridgehead atoms. The molecule has 0 saturated heterocycles. The lowest BCUT2D eigenvalue weighted by molar-refractivity contribution is 0.459. The van der Waals surface area contributed by atoms with Gasteiger partial charge < -0.3 is 9.84 Å². The number of rotatable bonds is 5. The number of nitrogens with one attached hydrogen (secondary N) is 1. The molecule has 0 unspecified atom stereocenters. The summed E-state index contributed by atoms with van der Waals surface area (Å²) in [6, 6.07) is 8.20. The van der Waals surface area contributed by atoms with Gasteiger partial charge in [-0.1, -0.05) is 48.8 Å². The van der Waals surface area contributed by atoms with Crippen molar-refractivity contribution in [3.8, 4) is 11.3 Å². The predicted molar refractivity (Wildman–Crippen MR) is 92.5 cm³/mol. The van der Waals surface area contributed by atoms with E-state index in [0.717, 1.165) is 35.6 Å². The third-order valence-electron chi connectivity index (χ3n) is 3.77. The first-order chi connectivity index (χ1) is 11.0. The van der Waals surface area contributed by atoms with Gasteiger partial charge in [0.2, 0.25) is 5.58 Å². The normalized spacial score (nSPS) is 11.3. The topological polar surface area (TPSA) is 63.8 Å². The smallest absolute Gasteiger partial charge is 0.228 e. The lowest BCUT2D eigenvalue weighted by Crippen LogP contribution is -2.07. The molecular weight excluding hydrogens is 288 g/mol. The van der Waals surface area contributed by atoms with E-state index in [1.165, 1.54) is 5.56 Å². The highest BCUT2D eigenvalue weighted by atomic mass is 16.5. The molecule has 0 spiro atoms. The molecule has 5 nitrogen and oxygen atoms in total. The van der Waals surface area contributed by atoms with Gasteiger partial charge in [-0.25, -0.2) is 9.97 Å². The average Bonchev–Trinajstić information content (AvgIpc) is 2.91. The Morgan fingerprint density at radius 1 is 1.09 bits per heavy atom. The highest BCUT2D eigenvalue weighted by Crippen LogP contribution is 2.30. The van der Waals surface area contributed by atoms with Crippen molar-refractivity contribution >= 4 is 16.9 Å². The van der Waals surface area contributed by atoms with Crippen molar-refractivity contribution < 1.29 is 4.52 Å². The number of hydrogen-bond acceptors (Lipinski definition) is 5. The third kappa shape index (κ3) is 3.33. The van der Waals surface area contributed by atoms with Crippen LogP contribution in [0.15, 0.2) is 28.8 Å². The van der Waals surface area contributed by atoms with Gasteiger partial charge in [-0.15, -0.1) is 0 Å². The van der Waals surface area contributed by atoms with Crippen LogP contribution in [0.4, 0.5) is 5.82 Å². The molecule has 120 valence electrons. The molecule has 2 heterocycles. The summed E-state index contributed by atoms with van der Waals surface area (Å²) in [7, 11) is 0. The van der Waals surface area contributed by atoms with Crippen LogP contribution >= 0.6 is 0 Å². The molecule has 0 amide bonds. The number of benzene rings is 1. The molecule has 0 aliphatic heterocycles. The van der Waals surface area contributed by atoms with Crippen LogP contribution in [0.5, 0.6) is 0 Å². The zero-order valence-electron chi connectivity index (χ0n) is 14.1. The fourth-order valence-corrected chi connectivity index (χ4v) is 2.44. The third-order valence-corrected chi connectivity index (χ3v) is 3.77. The highest BCUT2D eigenvalue weighted by molar-refractivity contribution is 5.93. The molecule has 3 aromatic rings. The first kappa shape index (κ1) is 15.5. The van der Waals surface area contributed by atoms with Gasteiger partial charge in [0.1, 0.15) is 17.0 Å². The van der Waals surface area contributed by atoms with Crippen LogP contribution < -0.4 is 5.32 Å². The average molecular weight is 310 g/mol. The van der Waals surface area contributed by atoms with Crippen LogP contribution in [0.2, 0.25) is 0 Å². The Bertz CT molecular complexity index is 806. The van der Waals surface area contributed by atoms with Crippen molar-refractivity contribution in [2.75, 3.05) is 11.9 Å². The number of anilines is 1. The molecule has 0 aliphatic carbocycles. The summed E-state index contributed by atoms with van der Waals surface area (Å²) >= 11 is 0. The summed E-state index contributed by atoms with van der Waals surface area (Å²) in [5.74, 6) is 2.07. The summed E-state index contributed by atoms with van der Waals surface area (Å²) in [4.78, 5) is 8.99. The number of nitrogens with zero attached hydrogens (tertiary/aromatic N) is 3. The zero-order chi connectivity index (χ0) is 16.4. The van der Waals surface area contributed by atoms with Crippen LogP contribution in [-0.4, -0.2) is 21.7 Å². The Hall–Kier alpha value is -2.43. The van der Waals surface area contributed by atoms with Crippen LogP contribution in [0.1, 0.15) is 31.7 Å². The van der Waals surface area contributed by atoms with Crippen molar-refractivity contribution in [2.24, 2.45) is 5.92 Å². The van der Waals surface area contributed by atoms with Crippen molar-refractivity contribution in [2.45, 2.75) is 34.1 Å². The molecule has 3 rings (SSSR count). The van der Waals surface area contributed by atoms with Gasteiger partial charge in [0.15, 0.2) is 5.82 Å². The van der Waals surface area contributed by atoms with E-state index in [4.69, 9.17) is 4.52 Å². The number of fused-ring (bicyclic) bond motifs is 1. The molecular formula is C18H22N4O. The molecule has 0 fully saturated rings. The van der Waals surface area contributed by atoms with E-state index in [1.807, 2.05) is 19.1 Å². The Morgan fingerprint density at radius 3 is 2.52 bits per heavy atom. The Labute approximate surface area is 136 Å². The first-order valence-corrected chi connectivity index (χ1v) is 7.99. The maximum Gasteiger partial charge on any atom is 0.228 e. The Kier molecular flexibility index (Phi) is 4.28. The molecule has 0 saturated carbocycles. The second-order valence-corrected chi connectivity index (χ2v) is 6.30. The predicted octanol–water partition coefficient (Wildman–Crippen LogP) is 4.36. The van der Waals surface area contributed by atoms with Gasteiger partial charge in [0.25, 0.3) is 0 Å². The van der Waals surface area contributed by atoms with Crippen LogP contribution in [0, 0.1) is 19.8 Å². The van der Waals surface area contributed by atoms with Crippen molar-refractivity contribution in [1.82, 2.24) is 15.1 Å². The fourth-order valence-electron chi connectivity index (χ4n) is 2.44. The van der Waals surface area contributed by atoms with Crippen molar-refractivity contribution in [1.29, 1.82) is 0 Å². The van der Waals surface area contributed by atoms with Gasteiger partial charge >= 0.3 is 0 Å². The summed E-state index contributed by atoms with van der Waals surface area (Å²) in [6.45, 7) is 9.20. The van der Waals surface area contributed by atoms with E-state index in [2.05, 4.69) is 53.3 Å². The van der Waals surface area contributed by atoms with Gasteiger partial charge in [-0.05, 0) is 26.2 Å². The molecule has 0 atom stereocenters. The summed E-state index contributed by atoms with van der Waals surface area (Å²) in [5, 5.41) is 7.57. The minimum absolute atomic E-state index is 0.620. The van der Waals surface area contributed by atoms with Crippen molar-refractivity contribution in [3.05, 3.63) is 35.7 Å². The largest absolute Gasteiger partial charge is 0.367 e. The lowest BCUT2D eigenvalue weighted by atomic mass is 10.1. The molecule has 1 aromatic carbocycles. The molecule has 0 radical (unpaired) electrons. The first-order valence-electron chi connectivity index (χ1n) is 7.99. The zero-order valence-corrected chi connectivity index (χ0v) is 14.1. The summed E-state index contributed by atoms with van der Waals surface area (Å²) in [6.07, 6.45) is 1.07. The van der Waals surface area contributed by atoms with E-state index in [1.54, 1.807) is 0 Å². The van der Waals surface area contributed by atoms with E-state index in [-0.39, 0.29) is 0 Å². The van der Waals surface area contributed by atoms with Gasteiger partial charge in [-0.3, -0.25) is 0 Å². The highest BCUT2D eigenvalue weighted by Gasteiger charge is 2.17. The molecule has 23 heavy (non-hydrogen) atoms. The summed E-state index contributed by atoms with van der Waals surface area (Å²) in [5.41, 5.74) is 4.35. The second-order valence-electron chi connectivity index (χ2n) is 6.30. The number of hydrogen-bond donors (Lipinski definition) is 1.